The Morgan fingerprint density at radius 3 is 2.24 bits per heavy atom. The smallest absolute Gasteiger partial charge is 0.321 e. The topological polar surface area (TPSA) is 120 Å². The molecule has 0 spiro atoms. The van der Waals surface area contributed by atoms with Gasteiger partial charge in [0.1, 0.15) is 6.54 Å². The van der Waals surface area contributed by atoms with E-state index >= 15 is 0 Å². The lowest BCUT2D eigenvalue weighted by Crippen LogP contribution is -2.32. The molecule has 2 aromatic rings. The van der Waals surface area contributed by atoms with E-state index in [1.807, 2.05) is 6.92 Å². The average Bonchev–Trinajstić information content (AvgIpc) is 2.71. The number of rotatable bonds is 9. The van der Waals surface area contributed by atoms with Gasteiger partial charge in [-0.1, -0.05) is 17.7 Å². The zero-order valence-corrected chi connectivity index (χ0v) is 17.0. The highest BCUT2D eigenvalue weighted by atomic mass is 32.2. The molecule has 2 N–H and O–H groups in total. The van der Waals surface area contributed by atoms with Gasteiger partial charge in [0.15, 0.2) is 18.1 Å². The lowest BCUT2D eigenvalue weighted by molar-refractivity contribution is -0.146. The highest BCUT2D eigenvalue weighted by Gasteiger charge is 2.16. The van der Waals surface area contributed by atoms with Gasteiger partial charge in [0.05, 0.1) is 19.1 Å². The van der Waals surface area contributed by atoms with Gasteiger partial charge < -0.3 is 19.5 Å². The molecule has 0 bridgehead atoms. The van der Waals surface area contributed by atoms with Crippen molar-refractivity contribution in [2.24, 2.45) is 0 Å². The highest BCUT2D eigenvalue weighted by Crippen LogP contribution is 2.29. The Kier molecular flexibility index (Phi) is 7.57. The predicted molar refractivity (Wildman–Crippen MR) is 106 cm³/mol. The summed E-state index contributed by atoms with van der Waals surface area (Å²) in [6.07, 6.45) is 0. The number of carbonyl (C=O) groups excluding carboxylic acids is 2. The van der Waals surface area contributed by atoms with Crippen LogP contribution < -0.4 is 19.5 Å². The second kappa shape index (κ2) is 9.89. The van der Waals surface area contributed by atoms with Crippen molar-refractivity contribution in [2.75, 3.05) is 32.7 Å². The van der Waals surface area contributed by atoms with E-state index in [2.05, 4.69) is 10.0 Å². The molecule has 0 aromatic heterocycles. The lowest BCUT2D eigenvalue weighted by Gasteiger charge is -2.11. The summed E-state index contributed by atoms with van der Waals surface area (Å²) in [5, 5.41) is 2.54. The molecule has 1 amide bonds. The number of hydrogen-bond donors (Lipinski definition) is 2. The minimum absolute atomic E-state index is 0.0297. The van der Waals surface area contributed by atoms with Crippen molar-refractivity contribution in [2.45, 2.75) is 11.8 Å². The van der Waals surface area contributed by atoms with Gasteiger partial charge in [-0.25, -0.2) is 8.42 Å². The fourth-order valence-corrected chi connectivity index (χ4v) is 3.23. The summed E-state index contributed by atoms with van der Waals surface area (Å²) >= 11 is 0. The SMILES string of the molecule is COc1ccc(NC(=O)COC(=O)CNS(=O)(=O)c2ccc(C)cc2)cc1OC. The van der Waals surface area contributed by atoms with Gasteiger partial charge in [0.25, 0.3) is 5.91 Å². The minimum Gasteiger partial charge on any atom is -0.493 e. The van der Waals surface area contributed by atoms with Crippen LogP contribution in [0.25, 0.3) is 0 Å². The molecule has 2 rings (SSSR count). The van der Waals surface area contributed by atoms with Crippen LogP contribution in [0.5, 0.6) is 11.5 Å². The fraction of sp³-hybridized carbons (Fsp3) is 0.263. The summed E-state index contributed by atoms with van der Waals surface area (Å²) in [4.78, 5) is 23.7. The van der Waals surface area contributed by atoms with Crippen LogP contribution in [-0.4, -0.2) is 47.7 Å². The maximum absolute atomic E-state index is 12.1. The number of sulfonamides is 1. The van der Waals surface area contributed by atoms with Gasteiger partial charge in [-0.2, -0.15) is 4.72 Å². The van der Waals surface area contributed by atoms with E-state index < -0.39 is 35.1 Å². The average molecular weight is 422 g/mol. The minimum atomic E-state index is -3.85. The van der Waals surface area contributed by atoms with Crippen molar-refractivity contribution >= 4 is 27.6 Å². The highest BCUT2D eigenvalue weighted by molar-refractivity contribution is 7.89. The maximum Gasteiger partial charge on any atom is 0.321 e. The molecule has 0 radical (unpaired) electrons. The van der Waals surface area contributed by atoms with Crippen molar-refractivity contribution in [1.82, 2.24) is 4.72 Å². The van der Waals surface area contributed by atoms with Crippen LogP contribution in [0, 0.1) is 6.92 Å². The summed E-state index contributed by atoms with van der Waals surface area (Å²) in [7, 11) is -0.901. The van der Waals surface area contributed by atoms with Crippen LogP contribution in [0.1, 0.15) is 5.56 Å². The van der Waals surface area contributed by atoms with E-state index in [1.54, 1.807) is 30.3 Å². The molecule has 0 aliphatic rings. The van der Waals surface area contributed by atoms with Gasteiger partial charge in [-0.15, -0.1) is 0 Å². The number of hydrogen-bond acceptors (Lipinski definition) is 7. The number of esters is 1. The van der Waals surface area contributed by atoms with Crippen molar-refractivity contribution < 1.29 is 32.2 Å². The van der Waals surface area contributed by atoms with Gasteiger partial charge in [-0.05, 0) is 31.2 Å². The fourth-order valence-electron chi connectivity index (χ4n) is 2.26. The number of ether oxygens (including phenoxy) is 3. The summed E-state index contributed by atoms with van der Waals surface area (Å²) in [5.41, 5.74) is 1.33. The third-order valence-corrected chi connectivity index (χ3v) is 5.19. The number of nitrogens with one attached hydrogen (secondary N) is 2. The molecular formula is C19H22N2O7S. The number of anilines is 1. The Hall–Kier alpha value is -3.11. The first-order valence-electron chi connectivity index (χ1n) is 8.49. The van der Waals surface area contributed by atoms with Crippen LogP contribution in [0.2, 0.25) is 0 Å². The van der Waals surface area contributed by atoms with Crippen LogP contribution in [0.3, 0.4) is 0 Å². The van der Waals surface area contributed by atoms with Crippen LogP contribution >= 0.6 is 0 Å². The number of benzene rings is 2. The van der Waals surface area contributed by atoms with Gasteiger partial charge in [0, 0.05) is 11.8 Å². The molecule has 9 nitrogen and oxygen atoms in total. The summed E-state index contributed by atoms with van der Waals surface area (Å²) in [6, 6.07) is 10.9. The summed E-state index contributed by atoms with van der Waals surface area (Å²) in [5.74, 6) is -0.555. The van der Waals surface area contributed by atoms with E-state index in [4.69, 9.17) is 14.2 Å². The molecule has 0 atom stereocenters. The van der Waals surface area contributed by atoms with Crippen molar-refractivity contribution in [3.63, 3.8) is 0 Å². The van der Waals surface area contributed by atoms with Crippen molar-refractivity contribution in [3.8, 4) is 11.5 Å². The Bertz CT molecular complexity index is 973. The molecule has 10 heteroatoms. The molecule has 0 aliphatic heterocycles. The normalized spacial score (nSPS) is 10.9. The maximum atomic E-state index is 12.1. The zero-order chi connectivity index (χ0) is 21.4. The summed E-state index contributed by atoms with van der Waals surface area (Å²) < 4.78 is 41.4. The molecule has 0 fully saturated rings. The standard InChI is InChI=1S/C19H22N2O7S/c1-13-4-7-15(8-5-13)29(24,25)20-11-19(23)28-12-18(22)21-14-6-9-16(26-2)17(10-14)27-3/h4-10,20H,11-12H2,1-3H3,(H,21,22). The first-order valence-corrected chi connectivity index (χ1v) is 9.97. The lowest BCUT2D eigenvalue weighted by atomic mass is 10.2. The summed E-state index contributed by atoms with van der Waals surface area (Å²) in [6.45, 7) is 0.660. The van der Waals surface area contributed by atoms with E-state index in [1.165, 1.54) is 26.4 Å². The first-order chi connectivity index (χ1) is 13.7. The van der Waals surface area contributed by atoms with Crippen molar-refractivity contribution in [3.05, 3.63) is 48.0 Å². The van der Waals surface area contributed by atoms with Gasteiger partial charge in [0.2, 0.25) is 10.0 Å². The molecule has 0 aliphatic carbocycles. The van der Waals surface area contributed by atoms with Crippen LogP contribution in [0.4, 0.5) is 5.69 Å². The Morgan fingerprint density at radius 1 is 0.966 bits per heavy atom. The molecular weight excluding hydrogens is 400 g/mol. The number of aryl methyl sites for hydroxylation is 1. The first kappa shape index (κ1) is 22.2. The quantitative estimate of drug-likeness (QED) is 0.587. The number of carbonyl (C=O) groups is 2. The largest absolute Gasteiger partial charge is 0.493 e. The number of methoxy groups -OCH3 is 2. The van der Waals surface area contributed by atoms with Crippen molar-refractivity contribution in [1.29, 1.82) is 0 Å². The molecule has 0 unspecified atom stereocenters. The van der Waals surface area contributed by atoms with Crippen LogP contribution in [0.15, 0.2) is 47.4 Å². The molecule has 0 saturated carbocycles. The predicted octanol–water partition coefficient (Wildman–Crippen LogP) is 1.47. The molecule has 0 saturated heterocycles. The van der Waals surface area contributed by atoms with E-state index in [0.29, 0.717) is 17.2 Å². The molecule has 29 heavy (non-hydrogen) atoms. The van der Waals surface area contributed by atoms with E-state index in [9.17, 15) is 18.0 Å². The molecule has 0 heterocycles. The number of amides is 1. The van der Waals surface area contributed by atoms with Gasteiger partial charge in [-0.3, -0.25) is 9.59 Å². The Morgan fingerprint density at radius 2 is 1.62 bits per heavy atom. The Balaban J connectivity index is 1.83. The van der Waals surface area contributed by atoms with Gasteiger partial charge >= 0.3 is 5.97 Å². The second-order valence-corrected chi connectivity index (χ2v) is 7.68. The van der Waals surface area contributed by atoms with Crippen LogP contribution in [-0.2, 0) is 24.3 Å². The third-order valence-electron chi connectivity index (χ3n) is 3.77. The molecule has 156 valence electrons. The zero-order valence-electron chi connectivity index (χ0n) is 16.2. The van der Waals surface area contributed by atoms with E-state index in [0.717, 1.165) is 5.56 Å². The monoisotopic (exact) mass is 422 g/mol. The molecule has 2 aromatic carbocycles. The second-order valence-electron chi connectivity index (χ2n) is 5.92. The third kappa shape index (κ3) is 6.47. The van der Waals surface area contributed by atoms with E-state index in [-0.39, 0.29) is 4.90 Å². The Labute approximate surface area is 169 Å².